The SMILES string of the molecule is CCC(Oc1ccccc1OC)C(=O)NC(C)c1ccc(N2CCC(C)CC2)cc1. The molecule has 0 aliphatic carbocycles. The van der Waals surface area contributed by atoms with Crippen LogP contribution in [0, 0.1) is 5.92 Å². The van der Waals surface area contributed by atoms with Crippen LogP contribution in [0.4, 0.5) is 5.69 Å². The van der Waals surface area contributed by atoms with Crippen molar-refractivity contribution in [3.63, 3.8) is 0 Å². The zero-order chi connectivity index (χ0) is 21.5. The molecule has 0 saturated carbocycles. The van der Waals surface area contributed by atoms with Crippen molar-refractivity contribution in [2.45, 2.75) is 52.2 Å². The fourth-order valence-electron chi connectivity index (χ4n) is 3.82. The second-order valence-electron chi connectivity index (χ2n) is 8.16. The van der Waals surface area contributed by atoms with Crippen molar-refractivity contribution in [1.29, 1.82) is 0 Å². The number of para-hydroxylation sites is 2. The average molecular weight is 411 g/mol. The lowest BCUT2D eigenvalue weighted by Gasteiger charge is -2.32. The van der Waals surface area contributed by atoms with E-state index in [1.54, 1.807) is 7.11 Å². The molecule has 1 heterocycles. The van der Waals surface area contributed by atoms with E-state index in [9.17, 15) is 4.79 Å². The van der Waals surface area contributed by atoms with Gasteiger partial charge in [-0.2, -0.15) is 0 Å². The quantitative estimate of drug-likeness (QED) is 0.668. The summed E-state index contributed by atoms with van der Waals surface area (Å²) in [6.45, 7) is 8.51. The summed E-state index contributed by atoms with van der Waals surface area (Å²) >= 11 is 0. The molecule has 2 aromatic carbocycles. The van der Waals surface area contributed by atoms with Crippen molar-refractivity contribution in [3.8, 4) is 11.5 Å². The number of hydrogen-bond acceptors (Lipinski definition) is 4. The highest BCUT2D eigenvalue weighted by atomic mass is 16.5. The maximum Gasteiger partial charge on any atom is 0.261 e. The number of benzene rings is 2. The molecule has 2 atom stereocenters. The third-order valence-electron chi connectivity index (χ3n) is 5.90. The lowest BCUT2D eigenvalue weighted by Crippen LogP contribution is -2.39. The number of ether oxygens (including phenoxy) is 2. The number of anilines is 1. The van der Waals surface area contributed by atoms with E-state index in [-0.39, 0.29) is 11.9 Å². The summed E-state index contributed by atoms with van der Waals surface area (Å²) in [5.74, 6) is 1.90. The molecule has 30 heavy (non-hydrogen) atoms. The Hall–Kier alpha value is -2.69. The maximum absolute atomic E-state index is 12.8. The molecule has 2 aromatic rings. The van der Waals surface area contributed by atoms with Gasteiger partial charge in [-0.1, -0.05) is 38.1 Å². The predicted molar refractivity (Wildman–Crippen MR) is 121 cm³/mol. The Kier molecular flexibility index (Phi) is 7.61. The number of hydrogen-bond donors (Lipinski definition) is 1. The number of methoxy groups -OCH3 is 1. The molecule has 5 heteroatoms. The first kappa shape index (κ1) is 22.0. The number of carbonyl (C=O) groups excluding carboxylic acids is 1. The van der Waals surface area contributed by atoms with Crippen LogP contribution in [-0.2, 0) is 4.79 Å². The summed E-state index contributed by atoms with van der Waals surface area (Å²) in [4.78, 5) is 15.3. The third-order valence-corrected chi connectivity index (χ3v) is 5.90. The van der Waals surface area contributed by atoms with Crippen LogP contribution in [0.15, 0.2) is 48.5 Å². The Morgan fingerprint density at radius 3 is 2.33 bits per heavy atom. The van der Waals surface area contributed by atoms with Crippen molar-refractivity contribution < 1.29 is 14.3 Å². The van der Waals surface area contributed by atoms with E-state index < -0.39 is 6.10 Å². The summed E-state index contributed by atoms with van der Waals surface area (Å²) < 4.78 is 11.3. The topological polar surface area (TPSA) is 50.8 Å². The smallest absolute Gasteiger partial charge is 0.261 e. The number of amides is 1. The Labute approximate surface area is 180 Å². The largest absolute Gasteiger partial charge is 0.493 e. The van der Waals surface area contributed by atoms with Crippen molar-refractivity contribution in [2.24, 2.45) is 5.92 Å². The maximum atomic E-state index is 12.8. The van der Waals surface area contributed by atoms with Gasteiger partial charge in [0, 0.05) is 18.8 Å². The average Bonchev–Trinajstić information content (AvgIpc) is 2.78. The zero-order valence-corrected chi connectivity index (χ0v) is 18.6. The summed E-state index contributed by atoms with van der Waals surface area (Å²) in [6, 6.07) is 15.8. The molecule has 0 radical (unpaired) electrons. The first-order valence-electron chi connectivity index (χ1n) is 11.0. The number of carbonyl (C=O) groups is 1. The molecule has 0 aromatic heterocycles. The van der Waals surface area contributed by atoms with Gasteiger partial charge in [0.15, 0.2) is 17.6 Å². The van der Waals surface area contributed by atoms with Crippen molar-refractivity contribution in [2.75, 3.05) is 25.1 Å². The van der Waals surface area contributed by atoms with Crippen LogP contribution in [0.1, 0.15) is 51.6 Å². The lowest BCUT2D eigenvalue weighted by atomic mass is 9.98. The van der Waals surface area contributed by atoms with E-state index >= 15 is 0 Å². The van der Waals surface area contributed by atoms with Gasteiger partial charge in [0.1, 0.15) is 0 Å². The molecule has 0 bridgehead atoms. The summed E-state index contributed by atoms with van der Waals surface area (Å²) in [5.41, 5.74) is 2.35. The monoisotopic (exact) mass is 410 g/mol. The molecule has 1 N–H and O–H groups in total. The van der Waals surface area contributed by atoms with Gasteiger partial charge in [-0.05, 0) is 61.9 Å². The Bertz CT molecular complexity index is 813. The molecule has 162 valence electrons. The Morgan fingerprint density at radius 1 is 1.10 bits per heavy atom. The summed E-state index contributed by atoms with van der Waals surface area (Å²) in [6.07, 6.45) is 2.50. The molecule has 1 aliphatic rings. The van der Waals surface area contributed by atoms with Gasteiger partial charge in [-0.3, -0.25) is 4.79 Å². The zero-order valence-electron chi connectivity index (χ0n) is 18.6. The summed E-state index contributed by atoms with van der Waals surface area (Å²) in [5, 5.41) is 3.09. The predicted octanol–water partition coefficient (Wildman–Crippen LogP) is 4.97. The first-order valence-corrected chi connectivity index (χ1v) is 11.0. The highest BCUT2D eigenvalue weighted by Crippen LogP contribution is 2.28. The van der Waals surface area contributed by atoms with Gasteiger partial charge in [0.25, 0.3) is 5.91 Å². The van der Waals surface area contributed by atoms with E-state index in [2.05, 4.69) is 41.4 Å². The standard InChI is InChI=1S/C25H34N2O3/c1-5-22(30-24-9-7-6-8-23(24)29-4)25(28)26-19(3)20-10-12-21(13-11-20)27-16-14-18(2)15-17-27/h6-13,18-19,22H,5,14-17H2,1-4H3,(H,26,28). The highest BCUT2D eigenvalue weighted by Gasteiger charge is 2.22. The number of rotatable bonds is 8. The molecular formula is C25H34N2O3. The van der Waals surface area contributed by atoms with Crippen LogP contribution < -0.4 is 19.7 Å². The molecular weight excluding hydrogens is 376 g/mol. The third kappa shape index (κ3) is 5.47. The van der Waals surface area contributed by atoms with Gasteiger partial charge in [0.2, 0.25) is 0 Å². The minimum atomic E-state index is -0.571. The molecule has 1 saturated heterocycles. The van der Waals surface area contributed by atoms with Crippen LogP contribution in [0.25, 0.3) is 0 Å². The van der Waals surface area contributed by atoms with E-state index in [0.29, 0.717) is 17.9 Å². The molecule has 1 amide bonds. The van der Waals surface area contributed by atoms with Crippen LogP contribution in [-0.4, -0.2) is 32.2 Å². The van der Waals surface area contributed by atoms with E-state index in [4.69, 9.17) is 9.47 Å². The molecule has 0 spiro atoms. The highest BCUT2D eigenvalue weighted by molar-refractivity contribution is 5.81. The first-order chi connectivity index (χ1) is 14.5. The molecule has 1 fully saturated rings. The lowest BCUT2D eigenvalue weighted by molar-refractivity contribution is -0.128. The second-order valence-corrected chi connectivity index (χ2v) is 8.16. The fourth-order valence-corrected chi connectivity index (χ4v) is 3.82. The molecule has 2 unspecified atom stereocenters. The van der Waals surface area contributed by atoms with Gasteiger partial charge >= 0.3 is 0 Å². The number of nitrogens with one attached hydrogen (secondary N) is 1. The molecule has 1 aliphatic heterocycles. The second kappa shape index (κ2) is 10.4. The van der Waals surface area contributed by atoms with Gasteiger partial charge in [-0.15, -0.1) is 0 Å². The molecule has 5 nitrogen and oxygen atoms in total. The minimum Gasteiger partial charge on any atom is -0.493 e. The minimum absolute atomic E-state index is 0.0942. The van der Waals surface area contributed by atoms with Crippen molar-refractivity contribution in [1.82, 2.24) is 5.32 Å². The normalized spacial score (nSPS) is 16.6. The Morgan fingerprint density at radius 2 is 1.73 bits per heavy atom. The van der Waals surface area contributed by atoms with Crippen LogP contribution >= 0.6 is 0 Å². The van der Waals surface area contributed by atoms with Crippen LogP contribution in [0.3, 0.4) is 0 Å². The van der Waals surface area contributed by atoms with Crippen molar-refractivity contribution in [3.05, 3.63) is 54.1 Å². The molecule has 3 rings (SSSR count). The van der Waals surface area contributed by atoms with Gasteiger partial charge in [0.05, 0.1) is 13.2 Å². The Balaban J connectivity index is 1.59. The summed E-state index contributed by atoms with van der Waals surface area (Å²) in [7, 11) is 1.60. The van der Waals surface area contributed by atoms with Crippen LogP contribution in [0.2, 0.25) is 0 Å². The van der Waals surface area contributed by atoms with Crippen LogP contribution in [0.5, 0.6) is 11.5 Å². The van der Waals surface area contributed by atoms with Gasteiger partial charge in [-0.25, -0.2) is 0 Å². The van der Waals surface area contributed by atoms with E-state index in [1.165, 1.54) is 18.5 Å². The number of nitrogens with zero attached hydrogens (tertiary/aromatic N) is 1. The van der Waals surface area contributed by atoms with E-state index in [0.717, 1.165) is 24.6 Å². The fraction of sp³-hybridized carbons (Fsp3) is 0.480. The van der Waals surface area contributed by atoms with E-state index in [1.807, 2.05) is 38.1 Å². The number of piperidine rings is 1. The van der Waals surface area contributed by atoms with Crippen molar-refractivity contribution >= 4 is 11.6 Å². The van der Waals surface area contributed by atoms with Gasteiger partial charge < -0.3 is 19.7 Å².